The van der Waals surface area contributed by atoms with Crippen LogP contribution in [0.3, 0.4) is 0 Å². The predicted octanol–water partition coefficient (Wildman–Crippen LogP) is 4.24. The van der Waals surface area contributed by atoms with Gasteiger partial charge >= 0.3 is 0 Å². The fourth-order valence-corrected chi connectivity index (χ4v) is 8.25. The molecule has 7 rings (SSSR count). The maximum Gasteiger partial charge on any atom is 0.253 e. The molecule has 2 amide bonds. The number of fused-ring (bicyclic) bond motifs is 1. The van der Waals surface area contributed by atoms with Crippen LogP contribution in [0, 0.1) is 23.2 Å². The van der Waals surface area contributed by atoms with Gasteiger partial charge in [-0.2, -0.15) is 0 Å². The number of benzene rings is 1. The van der Waals surface area contributed by atoms with Crippen LogP contribution in [-0.2, 0) is 9.59 Å². The molecule has 5 saturated carbocycles. The van der Waals surface area contributed by atoms with Crippen molar-refractivity contribution in [2.75, 3.05) is 16.3 Å². The third-order valence-electron chi connectivity index (χ3n) is 9.07. The quantitative estimate of drug-likeness (QED) is 0.742. The van der Waals surface area contributed by atoms with Crippen LogP contribution in [0.5, 0.6) is 0 Å². The van der Waals surface area contributed by atoms with Gasteiger partial charge in [0.2, 0.25) is 0 Å². The molecule has 6 aliphatic rings. The maximum absolute atomic E-state index is 13.6. The van der Waals surface area contributed by atoms with Crippen molar-refractivity contribution in [1.29, 1.82) is 0 Å². The summed E-state index contributed by atoms with van der Waals surface area (Å²) in [6.07, 6.45) is 13.4. The number of carbonyl (C=O) groups excluding carboxylic acids is 2. The molecule has 4 bridgehead atoms. The molecule has 166 valence electrons. The van der Waals surface area contributed by atoms with Crippen LogP contribution in [0.15, 0.2) is 24.3 Å². The standard InChI is InChI=1S/C26H35N3O2/c27-23-24(30)28(16-26-13-17-10-18(14-26)12-19(11-17)15-26)21-8-4-5-9-22(21)29(25(23)31)20-6-2-1-3-7-20/h4-5,8-9,17-20,23H,1-3,6-7,10-16,27H2. The first-order valence-corrected chi connectivity index (χ1v) is 12.5. The van der Waals surface area contributed by atoms with E-state index in [1.54, 1.807) is 0 Å². The van der Waals surface area contributed by atoms with E-state index >= 15 is 0 Å². The molecular weight excluding hydrogens is 386 g/mol. The van der Waals surface area contributed by atoms with Crippen molar-refractivity contribution in [1.82, 2.24) is 0 Å². The van der Waals surface area contributed by atoms with Crippen LogP contribution in [0.25, 0.3) is 0 Å². The molecule has 5 aliphatic carbocycles. The van der Waals surface area contributed by atoms with Gasteiger partial charge in [-0.05, 0) is 86.7 Å². The first-order valence-electron chi connectivity index (χ1n) is 12.5. The van der Waals surface area contributed by atoms with Gasteiger partial charge in [0, 0.05) is 12.6 Å². The van der Waals surface area contributed by atoms with Crippen molar-refractivity contribution < 1.29 is 9.59 Å². The monoisotopic (exact) mass is 421 g/mol. The van der Waals surface area contributed by atoms with Crippen molar-refractivity contribution in [2.24, 2.45) is 28.9 Å². The molecule has 0 aromatic heterocycles. The zero-order chi connectivity index (χ0) is 21.2. The largest absolute Gasteiger partial charge is 0.312 e. The first-order chi connectivity index (χ1) is 15.0. The molecular formula is C26H35N3O2. The first kappa shape index (κ1) is 19.8. The van der Waals surface area contributed by atoms with Crippen LogP contribution in [0.4, 0.5) is 11.4 Å². The number of hydrogen-bond acceptors (Lipinski definition) is 3. The summed E-state index contributed by atoms with van der Waals surface area (Å²) >= 11 is 0. The van der Waals surface area contributed by atoms with E-state index in [1.165, 1.54) is 44.9 Å². The van der Waals surface area contributed by atoms with Crippen LogP contribution in [-0.4, -0.2) is 30.4 Å². The molecule has 2 N–H and O–H groups in total. The zero-order valence-electron chi connectivity index (χ0n) is 18.5. The summed E-state index contributed by atoms with van der Waals surface area (Å²) in [4.78, 5) is 30.9. The van der Waals surface area contributed by atoms with Crippen molar-refractivity contribution in [3.8, 4) is 0 Å². The Labute approximate surface area is 185 Å². The van der Waals surface area contributed by atoms with Gasteiger partial charge in [-0.25, -0.2) is 0 Å². The average molecular weight is 422 g/mol. The molecule has 1 aromatic rings. The Morgan fingerprint density at radius 3 is 2.03 bits per heavy atom. The molecule has 0 radical (unpaired) electrons. The number of hydrogen-bond donors (Lipinski definition) is 1. The minimum atomic E-state index is -1.09. The molecule has 31 heavy (non-hydrogen) atoms. The van der Waals surface area contributed by atoms with E-state index in [1.807, 2.05) is 34.1 Å². The Balaban J connectivity index is 1.39. The highest BCUT2D eigenvalue weighted by Crippen LogP contribution is 2.60. The van der Waals surface area contributed by atoms with E-state index < -0.39 is 6.04 Å². The van der Waals surface area contributed by atoms with Gasteiger partial charge in [0.05, 0.1) is 11.4 Å². The third-order valence-corrected chi connectivity index (χ3v) is 9.07. The van der Waals surface area contributed by atoms with Gasteiger partial charge in [0.25, 0.3) is 11.8 Å². The Morgan fingerprint density at radius 1 is 0.839 bits per heavy atom. The van der Waals surface area contributed by atoms with E-state index in [0.29, 0.717) is 0 Å². The molecule has 1 unspecified atom stereocenters. The average Bonchev–Trinajstić information content (AvgIpc) is 2.83. The highest BCUT2D eigenvalue weighted by Gasteiger charge is 2.53. The van der Waals surface area contributed by atoms with Crippen molar-refractivity contribution in [2.45, 2.75) is 82.7 Å². The zero-order valence-corrected chi connectivity index (χ0v) is 18.5. The molecule has 1 heterocycles. The number of nitrogens with zero attached hydrogens (tertiary/aromatic N) is 2. The van der Waals surface area contributed by atoms with E-state index in [-0.39, 0.29) is 23.3 Å². The molecule has 1 aliphatic heterocycles. The summed E-state index contributed by atoms with van der Waals surface area (Å²) in [5.74, 6) is 2.08. The minimum absolute atomic E-state index is 0.153. The highest BCUT2D eigenvalue weighted by atomic mass is 16.2. The number of nitrogens with two attached hydrogens (primary N) is 1. The van der Waals surface area contributed by atoms with Crippen LogP contribution < -0.4 is 15.5 Å². The lowest BCUT2D eigenvalue weighted by Crippen LogP contribution is -2.57. The van der Waals surface area contributed by atoms with Crippen LogP contribution in [0.2, 0.25) is 0 Å². The summed E-state index contributed by atoms with van der Waals surface area (Å²) < 4.78 is 0. The van der Waals surface area contributed by atoms with Gasteiger partial charge in [-0.3, -0.25) is 9.59 Å². The van der Waals surface area contributed by atoms with Gasteiger partial charge in [0.1, 0.15) is 0 Å². The summed E-state index contributed by atoms with van der Waals surface area (Å²) in [6, 6.07) is 7.11. The fraction of sp³-hybridized carbons (Fsp3) is 0.692. The molecule has 0 saturated heterocycles. The van der Waals surface area contributed by atoms with Gasteiger partial charge in [0.15, 0.2) is 6.04 Å². The summed E-state index contributed by atoms with van der Waals surface area (Å²) in [5.41, 5.74) is 8.37. The number of anilines is 2. The van der Waals surface area contributed by atoms with Crippen LogP contribution in [0.1, 0.15) is 70.6 Å². The van der Waals surface area contributed by atoms with E-state index in [4.69, 9.17) is 5.73 Å². The van der Waals surface area contributed by atoms with E-state index in [2.05, 4.69) is 0 Å². The fourth-order valence-electron chi connectivity index (χ4n) is 8.25. The SMILES string of the molecule is NC1C(=O)N(CC23CC4CC(CC(C4)C2)C3)c2ccccc2N(C2CCCCC2)C1=O. The molecule has 1 aromatic carbocycles. The number of carbonyl (C=O) groups is 2. The molecule has 1 atom stereocenters. The lowest BCUT2D eigenvalue weighted by molar-refractivity contribution is -0.129. The van der Waals surface area contributed by atoms with Crippen molar-refractivity contribution in [3.63, 3.8) is 0 Å². The van der Waals surface area contributed by atoms with Gasteiger partial charge in [-0.15, -0.1) is 0 Å². The summed E-state index contributed by atoms with van der Waals surface area (Å²) in [6.45, 7) is 0.728. The molecule has 0 spiro atoms. The Morgan fingerprint density at radius 2 is 1.42 bits per heavy atom. The number of amides is 2. The summed E-state index contributed by atoms with van der Waals surface area (Å²) in [7, 11) is 0. The lowest BCUT2D eigenvalue weighted by Gasteiger charge is -2.57. The lowest BCUT2D eigenvalue weighted by atomic mass is 9.49. The maximum atomic E-state index is 13.6. The van der Waals surface area contributed by atoms with Crippen molar-refractivity contribution >= 4 is 23.2 Å². The molecule has 5 heteroatoms. The normalized spacial score (nSPS) is 37.8. The summed E-state index contributed by atoms with van der Waals surface area (Å²) in [5, 5.41) is 0. The Kier molecular flexibility index (Phi) is 4.68. The number of para-hydroxylation sites is 2. The second-order valence-electron chi connectivity index (χ2n) is 11.3. The van der Waals surface area contributed by atoms with Crippen LogP contribution >= 0.6 is 0 Å². The topological polar surface area (TPSA) is 66.6 Å². The highest BCUT2D eigenvalue weighted by molar-refractivity contribution is 6.20. The minimum Gasteiger partial charge on any atom is -0.312 e. The number of rotatable bonds is 3. The molecule has 5 nitrogen and oxygen atoms in total. The van der Waals surface area contributed by atoms with E-state index in [0.717, 1.165) is 61.4 Å². The van der Waals surface area contributed by atoms with Gasteiger partial charge in [-0.1, -0.05) is 31.4 Å². The second-order valence-corrected chi connectivity index (χ2v) is 11.3. The Hall–Kier alpha value is -1.88. The van der Waals surface area contributed by atoms with Gasteiger partial charge < -0.3 is 15.5 Å². The molecule has 5 fully saturated rings. The van der Waals surface area contributed by atoms with E-state index in [9.17, 15) is 9.59 Å². The van der Waals surface area contributed by atoms with Crippen molar-refractivity contribution in [3.05, 3.63) is 24.3 Å². The predicted molar refractivity (Wildman–Crippen MR) is 122 cm³/mol. The smallest absolute Gasteiger partial charge is 0.253 e. The second kappa shape index (κ2) is 7.33. The third kappa shape index (κ3) is 3.23. The Bertz CT molecular complexity index is 855.